The molecule has 0 aromatic carbocycles. The number of nitrogens with zero attached hydrogens (tertiary/aromatic N) is 2. The monoisotopic (exact) mass is 248 g/mol. The van der Waals surface area contributed by atoms with Crippen LogP contribution in [0.1, 0.15) is 31.5 Å². The number of carboxylic acids is 1. The number of carbonyl (C=O) groups excluding carboxylic acids is 1. The van der Waals surface area contributed by atoms with Gasteiger partial charge in [0.2, 0.25) is 5.91 Å². The highest BCUT2D eigenvalue weighted by atomic mass is 16.4. The number of aromatic nitrogens is 1. The van der Waals surface area contributed by atoms with Gasteiger partial charge in [0.05, 0.1) is 17.7 Å². The Hall–Kier alpha value is -1.91. The van der Waals surface area contributed by atoms with Crippen molar-refractivity contribution in [2.75, 3.05) is 6.54 Å². The van der Waals surface area contributed by atoms with Crippen molar-refractivity contribution in [3.05, 3.63) is 30.1 Å². The number of rotatable bonds is 4. The number of likely N-dealkylation sites (tertiary alicyclic amines) is 1. The largest absolute Gasteiger partial charge is 0.481 e. The third kappa shape index (κ3) is 2.20. The summed E-state index contributed by atoms with van der Waals surface area (Å²) in [5.41, 5.74) is 0.657. The van der Waals surface area contributed by atoms with Gasteiger partial charge in [-0.25, -0.2) is 0 Å². The molecular weight excluding hydrogens is 232 g/mol. The van der Waals surface area contributed by atoms with Crippen molar-refractivity contribution in [2.24, 2.45) is 5.92 Å². The topological polar surface area (TPSA) is 70.5 Å². The summed E-state index contributed by atoms with van der Waals surface area (Å²) in [7, 11) is 0. The van der Waals surface area contributed by atoms with Gasteiger partial charge in [-0.2, -0.15) is 0 Å². The fraction of sp³-hybridized carbons (Fsp3) is 0.462. The standard InChI is InChI=1S/C13H16N2O3/c1-2-7-15-11(16)8-9(13(17)18)12(15)10-5-3-4-6-14-10/h3-6,9,12H,2,7-8H2,1H3,(H,17,18). The summed E-state index contributed by atoms with van der Waals surface area (Å²) in [5, 5.41) is 9.24. The van der Waals surface area contributed by atoms with E-state index in [1.165, 1.54) is 0 Å². The molecule has 1 aromatic rings. The molecule has 0 radical (unpaired) electrons. The van der Waals surface area contributed by atoms with Crippen LogP contribution in [0.3, 0.4) is 0 Å². The van der Waals surface area contributed by atoms with Gasteiger partial charge in [0, 0.05) is 19.2 Å². The number of amides is 1. The van der Waals surface area contributed by atoms with Crippen molar-refractivity contribution in [3.8, 4) is 0 Å². The van der Waals surface area contributed by atoms with Gasteiger partial charge in [0.1, 0.15) is 0 Å². The van der Waals surface area contributed by atoms with Gasteiger partial charge in [-0.3, -0.25) is 14.6 Å². The number of carboxylic acid groups (broad SMARTS) is 1. The van der Waals surface area contributed by atoms with Crippen molar-refractivity contribution in [1.29, 1.82) is 0 Å². The Balaban J connectivity index is 2.36. The molecule has 2 rings (SSSR count). The van der Waals surface area contributed by atoms with Crippen LogP contribution in [-0.2, 0) is 9.59 Å². The maximum atomic E-state index is 11.9. The summed E-state index contributed by atoms with van der Waals surface area (Å²) in [6.45, 7) is 2.54. The van der Waals surface area contributed by atoms with Crippen molar-refractivity contribution in [2.45, 2.75) is 25.8 Å². The van der Waals surface area contributed by atoms with E-state index in [0.717, 1.165) is 6.42 Å². The number of pyridine rings is 1. The zero-order valence-corrected chi connectivity index (χ0v) is 10.2. The molecule has 0 aliphatic carbocycles. The Labute approximate surface area is 105 Å². The summed E-state index contributed by atoms with van der Waals surface area (Å²) in [6.07, 6.45) is 2.50. The molecule has 1 N–H and O–H groups in total. The number of hydrogen-bond acceptors (Lipinski definition) is 3. The molecule has 0 bridgehead atoms. The van der Waals surface area contributed by atoms with Gasteiger partial charge in [0.15, 0.2) is 0 Å². The van der Waals surface area contributed by atoms with E-state index in [1.807, 2.05) is 13.0 Å². The van der Waals surface area contributed by atoms with Crippen LogP contribution < -0.4 is 0 Å². The first kappa shape index (κ1) is 12.5. The second-order valence-electron chi connectivity index (χ2n) is 4.44. The zero-order chi connectivity index (χ0) is 13.1. The maximum absolute atomic E-state index is 11.9. The Bertz CT molecular complexity index is 447. The quantitative estimate of drug-likeness (QED) is 0.875. The van der Waals surface area contributed by atoms with E-state index >= 15 is 0 Å². The second-order valence-corrected chi connectivity index (χ2v) is 4.44. The molecule has 2 heterocycles. The SMILES string of the molecule is CCCN1C(=O)CC(C(=O)O)C1c1ccccn1. The zero-order valence-electron chi connectivity index (χ0n) is 10.2. The van der Waals surface area contributed by atoms with E-state index in [2.05, 4.69) is 4.98 Å². The van der Waals surface area contributed by atoms with Gasteiger partial charge < -0.3 is 10.0 Å². The van der Waals surface area contributed by atoms with Gasteiger partial charge >= 0.3 is 5.97 Å². The normalized spacial score (nSPS) is 23.4. The Morgan fingerprint density at radius 3 is 2.89 bits per heavy atom. The summed E-state index contributed by atoms with van der Waals surface area (Å²) >= 11 is 0. The van der Waals surface area contributed by atoms with Gasteiger partial charge in [-0.1, -0.05) is 13.0 Å². The summed E-state index contributed by atoms with van der Waals surface area (Å²) < 4.78 is 0. The third-order valence-electron chi connectivity index (χ3n) is 3.20. The molecule has 2 unspecified atom stereocenters. The number of hydrogen-bond donors (Lipinski definition) is 1. The van der Waals surface area contributed by atoms with Gasteiger partial charge in [-0.15, -0.1) is 0 Å². The van der Waals surface area contributed by atoms with E-state index in [4.69, 9.17) is 0 Å². The van der Waals surface area contributed by atoms with E-state index in [1.54, 1.807) is 23.2 Å². The molecule has 5 nitrogen and oxygen atoms in total. The van der Waals surface area contributed by atoms with Crippen LogP contribution in [0.25, 0.3) is 0 Å². The van der Waals surface area contributed by atoms with E-state index < -0.39 is 17.9 Å². The first-order chi connectivity index (χ1) is 8.65. The Kier molecular flexibility index (Phi) is 3.60. The van der Waals surface area contributed by atoms with Crippen LogP contribution in [0.4, 0.5) is 0 Å². The van der Waals surface area contributed by atoms with Crippen LogP contribution in [0.2, 0.25) is 0 Å². The predicted molar refractivity (Wildman–Crippen MR) is 64.7 cm³/mol. The van der Waals surface area contributed by atoms with Crippen LogP contribution in [0.15, 0.2) is 24.4 Å². The lowest BCUT2D eigenvalue weighted by Crippen LogP contribution is -2.31. The van der Waals surface area contributed by atoms with Gasteiger partial charge in [0.25, 0.3) is 0 Å². The molecule has 1 saturated heterocycles. The second kappa shape index (κ2) is 5.16. The minimum atomic E-state index is -0.933. The fourth-order valence-corrected chi connectivity index (χ4v) is 2.43. The molecule has 18 heavy (non-hydrogen) atoms. The maximum Gasteiger partial charge on any atom is 0.309 e. The molecule has 96 valence electrons. The number of aliphatic carboxylic acids is 1. The smallest absolute Gasteiger partial charge is 0.309 e. The lowest BCUT2D eigenvalue weighted by atomic mass is 9.97. The average molecular weight is 248 g/mol. The summed E-state index contributed by atoms with van der Waals surface area (Å²) in [4.78, 5) is 29.0. The Morgan fingerprint density at radius 1 is 1.56 bits per heavy atom. The molecule has 0 spiro atoms. The lowest BCUT2D eigenvalue weighted by Gasteiger charge is -2.25. The van der Waals surface area contributed by atoms with Gasteiger partial charge in [-0.05, 0) is 18.6 Å². The highest BCUT2D eigenvalue weighted by Gasteiger charge is 2.44. The van der Waals surface area contributed by atoms with Crippen LogP contribution in [0, 0.1) is 5.92 Å². The molecule has 1 fully saturated rings. The highest BCUT2D eigenvalue weighted by molar-refractivity contribution is 5.87. The predicted octanol–water partition coefficient (Wildman–Crippen LogP) is 1.47. The van der Waals surface area contributed by atoms with Crippen LogP contribution in [-0.4, -0.2) is 33.4 Å². The Morgan fingerprint density at radius 2 is 2.33 bits per heavy atom. The van der Waals surface area contributed by atoms with Crippen molar-refractivity contribution < 1.29 is 14.7 Å². The molecule has 1 amide bonds. The fourth-order valence-electron chi connectivity index (χ4n) is 2.43. The molecule has 2 atom stereocenters. The van der Waals surface area contributed by atoms with E-state index in [-0.39, 0.29) is 12.3 Å². The molecular formula is C13H16N2O3. The highest BCUT2D eigenvalue weighted by Crippen LogP contribution is 2.37. The number of carbonyl (C=O) groups is 2. The van der Waals surface area contributed by atoms with E-state index in [0.29, 0.717) is 12.2 Å². The average Bonchev–Trinajstić information content (AvgIpc) is 2.69. The minimum Gasteiger partial charge on any atom is -0.481 e. The summed E-state index contributed by atoms with van der Waals surface area (Å²) in [6, 6.07) is 4.94. The van der Waals surface area contributed by atoms with Crippen LogP contribution in [0.5, 0.6) is 0 Å². The van der Waals surface area contributed by atoms with Crippen molar-refractivity contribution in [1.82, 2.24) is 9.88 Å². The first-order valence-electron chi connectivity index (χ1n) is 6.08. The van der Waals surface area contributed by atoms with Crippen molar-refractivity contribution in [3.63, 3.8) is 0 Å². The first-order valence-corrected chi connectivity index (χ1v) is 6.08. The van der Waals surface area contributed by atoms with Crippen LogP contribution >= 0.6 is 0 Å². The van der Waals surface area contributed by atoms with Crippen molar-refractivity contribution >= 4 is 11.9 Å². The van der Waals surface area contributed by atoms with E-state index in [9.17, 15) is 14.7 Å². The molecule has 1 aliphatic heterocycles. The molecule has 0 saturated carbocycles. The minimum absolute atomic E-state index is 0.0660. The third-order valence-corrected chi connectivity index (χ3v) is 3.20. The molecule has 5 heteroatoms. The lowest BCUT2D eigenvalue weighted by molar-refractivity contribution is -0.142. The molecule has 1 aromatic heterocycles. The summed E-state index contributed by atoms with van der Waals surface area (Å²) in [5.74, 6) is -1.73. The molecule has 1 aliphatic rings.